The summed E-state index contributed by atoms with van der Waals surface area (Å²) < 4.78 is 0. The molecule has 1 heterocycles. The Hall–Kier alpha value is -1.26. The van der Waals surface area contributed by atoms with E-state index in [0.29, 0.717) is 5.95 Å². The minimum Gasteiger partial charge on any atom is -0.354 e. The van der Waals surface area contributed by atoms with Gasteiger partial charge in [0.05, 0.1) is 0 Å². The van der Waals surface area contributed by atoms with E-state index in [1.807, 2.05) is 37.3 Å². The predicted molar refractivity (Wildman–Crippen MR) is 77.2 cm³/mol. The lowest BCUT2D eigenvalue weighted by atomic mass is 10.2. The molecule has 0 aliphatic rings. The van der Waals surface area contributed by atoms with Crippen LogP contribution >= 0.6 is 23.4 Å². The first kappa shape index (κ1) is 13.2. The third kappa shape index (κ3) is 3.89. The van der Waals surface area contributed by atoms with Gasteiger partial charge in [0, 0.05) is 23.5 Å². The van der Waals surface area contributed by atoms with Gasteiger partial charge >= 0.3 is 0 Å². The fourth-order valence-electron chi connectivity index (χ4n) is 1.40. The molecule has 0 aliphatic carbocycles. The molecule has 1 aromatic carbocycles. The number of hydrogen-bond donors (Lipinski definition) is 1. The highest BCUT2D eigenvalue weighted by Crippen LogP contribution is 2.22. The fraction of sp³-hybridized carbons (Fsp3) is 0.231. The van der Waals surface area contributed by atoms with Gasteiger partial charge in [-0.05, 0) is 30.7 Å². The van der Waals surface area contributed by atoms with Crippen LogP contribution in [0.2, 0.25) is 5.02 Å². The molecule has 0 radical (unpaired) electrons. The lowest BCUT2D eigenvalue weighted by molar-refractivity contribution is 1.01. The van der Waals surface area contributed by atoms with E-state index in [9.17, 15) is 0 Å². The average Bonchev–Trinajstić information content (AvgIpc) is 2.39. The van der Waals surface area contributed by atoms with Crippen molar-refractivity contribution in [2.24, 2.45) is 0 Å². The zero-order valence-electron chi connectivity index (χ0n) is 10.1. The summed E-state index contributed by atoms with van der Waals surface area (Å²) in [4.78, 5) is 8.55. The van der Waals surface area contributed by atoms with Crippen molar-refractivity contribution in [3.8, 4) is 0 Å². The van der Waals surface area contributed by atoms with Gasteiger partial charge in [0.1, 0.15) is 5.03 Å². The maximum Gasteiger partial charge on any atom is 0.223 e. The lowest BCUT2D eigenvalue weighted by Gasteiger charge is -2.04. The van der Waals surface area contributed by atoms with Crippen molar-refractivity contribution in [3.05, 3.63) is 47.1 Å². The van der Waals surface area contributed by atoms with Gasteiger partial charge in [0.25, 0.3) is 0 Å². The monoisotopic (exact) mass is 279 g/mol. The molecule has 2 rings (SSSR count). The van der Waals surface area contributed by atoms with Crippen LogP contribution in [0.15, 0.2) is 41.6 Å². The molecule has 5 heteroatoms. The Bertz CT molecular complexity index is 502. The summed E-state index contributed by atoms with van der Waals surface area (Å²) in [5.41, 5.74) is 1.23. The van der Waals surface area contributed by atoms with Gasteiger partial charge in [-0.1, -0.05) is 23.7 Å². The number of rotatable bonds is 5. The second-order valence-corrected chi connectivity index (χ2v) is 5.10. The Morgan fingerprint density at radius 2 is 2.00 bits per heavy atom. The number of benzene rings is 1. The number of halogens is 1. The second kappa shape index (κ2) is 6.61. The van der Waals surface area contributed by atoms with Gasteiger partial charge < -0.3 is 5.32 Å². The minimum absolute atomic E-state index is 0.679. The zero-order valence-corrected chi connectivity index (χ0v) is 11.6. The van der Waals surface area contributed by atoms with Crippen molar-refractivity contribution in [2.75, 3.05) is 11.9 Å². The van der Waals surface area contributed by atoms with Crippen LogP contribution in [0.5, 0.6) is 0 Å². The maximum absolute atomic E-state index is 5.85. The molecular weight excluding hydrogens is 266 g/mol. The molecule has 94 valence electrons. The van der Waals surface area contributed by atoms with Crippen LogP contribution < -0.4 is 5.32 Å². The van der Waals surface area contributed by atoms with Crippen LogP contribution in [0.4, 0.5) is 5.95 Å². The summed E-state index contributed by atoms with van der Waals surface area (Å²) in [5, 5.41) is 4.83. The number of nitrogens with zero attached hydrogens (tertiary/aromatic N) is 2. The molecule has 0 aliphatic heterocycles. The van der Waals surface area contributed by atoms with Crippen LogP contribution in [0.1, 0.15) is 12.5 Å². The van der Waals surface area contributed by atoms with Crippen molar-refractivity contribution in [3.63, 3.8) is 0 Å². The molecule has 0 unspecified atom stereocenters. The van der Waals surface area contributed by atoms with Crippen LogP contribution in [0.25, 0.3) is 0 Å². The van der Waals surface area contributed by atoms with Crippen LogP contribution in [0.3, 0.4) is 0 Å². The standard InChI is InChI=1S/C13H14ClN3S/c1-2-15-13-16-8-7-12(17-13)18-9-10-3-5-11(14)6-4-10/h3-8H,2,9H2,1H3,(H,15,16,17). The first-order valence-corrected chi connectivity index (χ1v) is 7.08. The molecule has 1 aromatic heterocycles. The molecule has 2 aromatic rings. The Balaban J connectivity index is 1.97. The van der Waals surface area contributed by atoms with Gasteiger partial charge in [-0.3, -0.25) is 0 Å². The van der Waals surface area contributed by atoms with Crippen molar-refractivity contribution in [1.82, 2.24) is 9.97 Å². The van der Waals surface area contributed by atoms with Crippen molar-refractivity contribution < 1.29 is 0 Å². The lowest BCUT2D eigenvalue weighted by Crippen LogP contribution is -2.01. The summed E-state index contributed by atoms with van der Waals surface area (Å²) in [6.45, 7) is 2.85. The molecule has 0 bridgehead atoms. The third-order valence-corrected chi connectivity index (χ3v) is 3.52. The minimum atomic E-state index is 0.679. The molecule has 0 saturated carbocycles. The quantitative estimate of drug-likeness (QED) is 0.666. The SMILES string of the molecule is CCNc1nccc(SCc2ccc(Cl)cc2)n1. The molecular formula is C13H14ClN3S. The molecule has 0 atom stereocenters. The molecule has 18 heavy (non-hydrogen) atoms. The van der Waals surface area contributed by atoms with E-state index in [4.69, 9.17) is 11.6 Å². The van der Waals surface area contributed by atoms with E-state index in [-0.39, 0.29) is 0 Å². The van der Waals surface area contributed by atoms with Gasteiger partial charge in [0.15, 0.2) is 0 Å². The first-order valence-electron chi connectivity index (χ1n) is 5.72. The number of hydrogen-bond acceptors (Lipinski definition) is 4. The van der Waals surface area contributed by atoms with Crippen LogP contribution in [0, 0.1) is 0 Å². The summed E-state index contributed by atoms with van der Waals surface area (Å²) in [5.74, 6) is 1.55. The Kier molecular flexibility index (Phi) is 4.84. The largest absolute Gasteiger partial charge is 0.354 e. The van der Waals surface area contributed by atoms with E-state index in [1.165, 1.54) is 5.56 Å². The Morgan fingerprint density at radius 1 is 1.22 bits per heavy atom. The molecule has 0 amide bonds. The van der Waals surface area contributed by atoms with Crippen molar-refractivity contribution >= 4 is 29.3 Å². The van der Waals surface area contributed by atoms with E-state index < -0.39 is 0 Å². The summed E-state index contributed by atoms with van der Waals surface area (Å²) in [6.07, 6.45) is 1.77. The second-order valence-electron chi connectivity index (χ2n) is 3.66. The summed E-state index contributed by atoms with van der Waals surface area (Å²) in [7, 11) is 0. The topological polar surface area (TPSA) is 37.8 Å². The molecule has 1 N–H and O–H groups in total. The van der Waals surface area contributed by atoms with Gasteiger partial charge in [-0.25, -0.2) is 9.97 Å². The maximum atomic E-state index is 5.85. The van der Waals surface area contributed by atoms with E-state index in [0.717, 1.165) is 22.3 Å². The highest BCUT2D eigenvalue weighted by atomic mass is 35.5. The van der Waals surface area contributed by atoms with E-state index in [2.05, 4.69) is 15.3 Å². The summed E-state index contributed by atoms with van der Waals surface area (Å²) in [6, 6.07) is 9.79. The highest BCUT2D eigenvalue weighted by molar-refractivity contribution is 7.98. The number of nitrogens with one attached hydrogen (secondary N) is 1. The van der Waals surface area contributed by atoms with Crippen molar-refractivity contribution in [2.45, 2.75) is 17.7 Å². The van der Waals surface area contributed by atoms with E-state index in [1.54, 1.807) is 18.0 Å². The van der Waals surface area contributed by atoms with Crippen LogP contribution in [-0.4, -0.2) is 16.5 Å². The Morgan fingerprint density at radius 3 is 2.72 bits per heavy atom. The van der Waals surface area contributed by atoms with Crippen molar-refractivity contribution in [1.29, 1.82) is 0 Å². The fourth-order valence-corrected chi connectivity index (χ4v) is 2.34. The number of anilines is 1. The third-order valence-electron chi connectivity index (χ3n) is 2.26. The van der Waals surface area contributed by atoms with Crippen LogP contribution in [-0.2, 0) is 5.75 Å². The van der Waals surface area contributed by atoms with E-state index >= 15 is 0 Å². The molecule has 3 nitrogen and oxygen atoms in total. The van der Waals surface area contributed by atoms with Gasteiger partial charge in [-0.15, -0.1) is 11.8 Å². The molecule has 0 saturated heterocycles. The Labute approximate surface area is 116 Å². The smallest absolute Gasteiger partial charge is 0.223 e. The van der Waals surface area contributed by atoms with Gasteiger partial charge in [-0.2, -0.15) is 0 Å². The average molecular weight is 280 g/mol. The molecule has 0 spiro atoms. The number of aromatic nitrogens is 2. The predicted octanol–water partition coefficient (Wildman–Crippen LogP) is 3.85. The number of thioether (sulfide) groups is 1. The summed E-state index contributed by atoms with van der Waals surface area (Å²) >= 11 is 7.53. The molecule has 0 fully saturated rings. The highest BCUT2D eigenvalue weighted by Gasteiger charge is 2.00. The normalized spacial score (nSPS) is 10.3. The zero-order chi connectivity index (χ0) is 12.8. The van der Waals surface area contributed by atoms with Gasteiger partial charge in [0.2, 0.25) is 5.95 Å². The first-order chi connectivity index (χ1) is 8.78.